The number of nitrogens with zero attached hydrogens (tertiary/aromatic N) is 2. The highest BCUT2D eigenvalue weighted by Gasteiger charge is 2.13. The monoisotopic (exact) mass is 140 g/mol. The fraction of sp³-hybridized carbons (Fsp3) is 0.875. The first-order chi connectivity index (χ1) is 4.79. The molecule has 0 N–H and O–H groups in total. The summed E-state index contributed by atoms with van der Waals surface area (Å²) < 4.78 is 0. The van der Waals surface area contributed by atoms with Crippen LogP contribution in [0.2, 0.25) is 0 Å². The van der Waals surface area contributed by atoms with Crippen molar-refractivity contribution >= 4 is 0 Å². The van der Waals surface area contributed by atoms with Crippen LogP contribution in [0.1, 0.15) is 6.42 Å². The Hall–Kier alpha value is -0.0800. The van der Waals surface area contributed by atoms with Gasteiger partial charge in [-0.05, 0) is 32.9 Å². The molecule has 2 nitrogen and oxygen atoms in total. The van der Waals surface area contributed by atoms with Gasteiger partial charge in [-0.25, -0.2) is 5.32 Å². The molecule has 1 unspecified atom stereocenters. The van der Waals surface area contributed by atoms with E-state index in [9.17, 15) is 0 Å². The van der Waals surface area contributed by atoms with Crippen LogP contribution in [0.4, 0.5) is 0 Å². The average Bonchev–Trinajstić information content (AvgIpc) is 1.88. The van der Waals surface area contributed by atoms with Gasteiger partial charge in [0.15, 0.2) is 0 Å². The Bertz CT molecular complexity index is 85.3. The molecule has 58 valence electrons. The van der Waals surface area contributed by atoms with Crippen LogP contribution >= 0.6 is 0 Å². The molecule has 1 aliphatic heterocycles. The van der Waals surface area contributed by atoms with Gasteiger partial charge in [-0.1, -0.05) is 0 Å². The second-order valence-electron chi connectivity index (χ2n) is 3.18. The van der Waals surface area contributed by atoms with Gasteiger partial charge < -0.3 is 4.90 Å². The summed E-state index contributed by atoms with van der Waals surface area (Å²) in [6.45, 7) is 3.24. The molecule has 1 atom stereocenters. The Morgan fingerprint density at radius 3 is 2.90 bits per heavy atom. The van der Waals surface area contributed by atoms with E-state index in [2.05, 4.69) is 30.7 Å². The third kappa shape index (κ3) is 2.67. The second-order valence-corrected chi connectivity index (χ2v) is 3.18. The molecule has 0 saturated carbocycles. The van der Waals surface area contributed by atoms with Crippen molar-refractivity contribution < 1.29 is 0 Å². The summed E-state index contributed by atoms with van der Waals surface area (Å²) in [5.74, 6) is 0.712. The van der Waals surface area contributed by atoms with Crippen LogP contribution in [0.15, 0.2) is 0 Å². The molecular formula is C8H16N2. The second kappa shape index (κ2) is 3.94. The highest BCUT2D eigenvalue weighted by molar-refractivity contribution is 4.84. The molecule has 1 saturated heterocycles. The fourth-order valence-corrected chi connectivity index (χ4v) is 1.33. The predicted octanol–water partition coefficient (Wildman–Crippen LogP) is 0.377. The molecule has 0 aliphatic carbocycles. The van der Waals surface area contributed by atoms with Gasteiger partial charge in [0.25, 0.3) is 0 Å². The zero-order valence-corrected chi connectivity index (χ0v) is 6.88. The zero-order valence-electron chi connectivity index (χ0n) is 6.88. The lowest BCUT2D eigenvalue weighted by molar-refractivity contribution is 0.318. The van der Waals surface area contributed by atoms with Crippen molar-refractivity contribution in [2.75, 3.05) is 33.7 Å². The van der Waals surface area contributed by atoms with E-state index in [1.807, 2.05) is 0 Å². The summed E-state index contributed by atoms with van der Waals surface area (Å²) in [7, 11) is 4.23. The van der Waals surface area contributed by atoms with E-state index >= 15 is 0 Å². The SMILES string of the molecule is CN(C)CC1[CH]CC[N]C1. The zero-order chi connectivity index (χ0) is 7.40. The largest absolute Gasteiger partial charge is 0.309 e. The van der Waals surface area contributed by atoms with Crippen molar-refractivity contribution in [1.82, 2.24) is 10.2 Å². The van der Waals surface area contributed by atoms with E-state index in [1.54, 1.807) is 0 Å². The molecule has 2 radical (unpaired) electrons. The maximum absolute atomic E-state index is 4.35. The van der Waals surface area contributed by atoms with Crippen LogP contribution in [-0.4, -0.2) is 38.6 Å². The van der Waals surface area contributed by atoms with E-state index in [0.29, 0.717) is 5.92 Å². The standard InChI is InChI=1S/C8H16N2/c1-10(2)7-8-4-3-5-9-6-8/h4,8H,3,5-7H2,1-2H3. The van der Waals surface area contributed by atoms with Crippen molar-refractivity contribution in [3.05, 3.63) is 6.42 Å². The topological polar surface area (TPSA) is 17.3 Å². The Kier molecular flexibility index (Phi) is 3.16. The summed E-state index contributed by atoms with van der Waals surface area (Å²) >= 11 is 0. The average molecular weight is 140 g/mol. The number of rotatable bonds is 2. The van der Waals surface area contributed by atoms with Crippen LogP contribution in [-0.2, 0) is 0 Å². The molecule has 0 spiro atoms. The fourth-order valence-electron chi connectivity index (χ4n) is 1.33. The highest BCUT2D eigenvalue weighted by atomic mass is 15.1. The molecule has 0 amide bonds. The Labute approximate surface area is 63.6 Å². The molecule has 1 aliphatic rings. The van der Waals surface area contributed by atoms with Crippen molar-refractivity contribution in [3.63, 3.8) is 0 Å². The molecule has 0 bridgehead atoms. The van der Waals surface area contributed by atoms with Gasteiger partial charge in [-0.15, -0.1) is 0 Å². The van der Waals surface area contributed by atoms with Gasteiger partial charge in [-0.2, -0.15) is 0 Å². The van der Waals surface area contributed by atoms with Gasteiger partial charge in [-0.3, -0.25) is 0 Å². The van der Waals surface area contributed by atoms with E-state index in [0.717, 1.165) is 19.6 Å². The minimum Gasteiger partial charge on any atom is -0.309 e. The number of piperidine rings is 1. The summed E-state index contributed by atoms with van der Waals surface area (Å²) in [5.41, 5.74) is 0. The number of hydrogen-bond donors (Lipinski definition) is 0. The van der Waals surface area contributed by atoms with Crippen molar-refractivity contribution in [2.24, 2.45) is 5.92 Å². The summed E-state index contributed by atoms with van der Waals surface area (Å²) in [4.78, 5) is 2.22. The minimum atomic E-state index is 0.712. The van der Waals surface area contributed by atoms with Crippen LogP contribution in [0.25, 0.3) is 0 Å². The van der Waals surface area contributed by atoms with Crippen molar-refractivity contribution in [3.8, 4) is 0 Å². The molecule has 1 fully saturated rings. The lowest BCUT2D eigenvalue weighted by Gasteiger charge is -2.23. The lowest BCUT2D eigenvalue weighted by atomic mass is 9.99. The normalized spacial score (nSPS) is 27.3. The molecule has 0 aromatic rings. The minimum absolute atomic E-state index is 0.712. The van der Waals surface area contributed by atoms with E-state index in [4.69, 9.17) is 0 Å². The van der Waals surface area contributed by atoms with Crippen molar-refractivity contribution in [1.29, 1.82) is 0 Å². The summed E-state index contributed by atoms with van der Waals surface area (Å²) in [6.07, 6.45) is 3.57. The molecule has 2 heteroatoms. The van der Waals surface area contributed by atoms with Crippen molar-refractivity contribution in [2.45, 2.75) is 6.42 Å². The van der Waals surface area contributed by atoms with Gasteiger partial charge in [0, 0.05) is 19.6 Å². The highest BCUT2D eigenvalue weighted by Crippen LogP contribution is 2.09. The first-order valence-electron chi connectivity index (χ1n) is 3.90. The first-order valence-corrected chi connectivity index (χ1v) is 3.90. The van der Waals surface area contributed by atoms with Gasteiger partial charge in [0.05, 0.1) is 0 Å². The van der Waals surface area contributed by atoms with E-state index in [-0.39, 0.29) is 0 Å². The van der Waals surface area contributed by atoms with Gasteiger partial charge in [0.1, 0.15) is 0 Å². The molecule has 1 heterocycles. The molecule has 10 heavy (non-hydrogen) atoms. The smallest absolute Gasteiger partial charge is 0.0176 e. The summed E-state index contributed by atoms with van der Waals surface area (Å²) in [5, 5.41) is 4.35. The molecule has 0 aromatic carbocycles. The van der Waals surface area contributed by atoms with Crippen LogP contribution < -0.4 is 5.32 Å². The van der Waals surface area contributed by atoms with Crippen LogP contribution in [0.3, 0.4) is 0 Å². The predicted molar refractivity (Wildman–Crippen MR) is 42.8 cm³/mol. The van der Waals surface area contributed by atoms with E-state index < -0.39 is 0 Å². The first kappa shape index (κ1) is 8.02. The Balaban J connectivity index is 2.13. The van der Waals surface area contributed by atoms with E-state index in [1.165, 1.54) is 6.42 Å². The lowest BCUT2D eigenvalue weighted by Crippen LogP contribution is -2.32. The third-order valence-corrected chi connectivity index (χ3v) is 1.75. The Morgan fingerprint density at radius 2 is 2.40 bits per heavy atom. The Morgan fingerprint density at radius 1 is 1.60 bits per heavy atom. The van der Waals surface area contributed by atoms with Crippen LogP contribution in [0.5, 0.6) is 0 Å². The number of hydrogen-bond acceptors (Lipinski definition) is 1. The van der Waals surface area contributed by atoms with Gasteiger partial charge >= 0.3 is 0 Å². The maximum atomic E-state index is 4.35. The quantitative estimate of drug-likeness (QED) is 0.542. The third-order valence-electron chi connectivity index (χ3n) is 1.75. The maximum Gasteiger partial charge on any atom is 0.0176 e. The van der Waals surface area contributed by atoms with Crippen LogP contribution in [0, 0.1) is 12.3 Å². The molecule has 0 aromatic heterocycles. The molecular weight excluding hydrogens is 124 g/mol. The summed E-state index contributed by atoms with van der Waals surface area (Å²) in [6, 6.07) is 0. The molecule has 1 rings (SSSR count). The van der Waals surface area contributed by atoms with Gasteiger partial charge in [0.2, 0.25) is 0 Å².